The summed E-state index contributed by atoms with van der Waals surface area (Å²) in [7, 11) is 0. The SMILES string of the molecule is Cc1cc(COC(=O)C2CSC3(c4ccccc4)CCC(=O)N23)ns1. The van der Waals surface area contributed by atoms with Gasteiger partial charge in [-0.3, -0.25) is 4.79 Å². The van der Waals surface area contributed by atoms with Crippen LogP contribution in [0.4, 0.5) is 0 Å². The second kappa shape index (κ2) is 6.46. The summed E-state index contributed by atoms with van der Waals surface area (Å²) in [4.78, 5) is 27.6. The quantitative estimate of drug-likeness (QED) is 0.770. The van der Waals surface area contributed by atoms with Gasteiger partial charge in [-0.15, -0.1) is 11.8 Å². The highest BCUT2D eigenvalue weighted by molar-refractivity contribution is 8.00. The maximum absolute atomic E-state index is 12.6. The maximum atomic E-state index is 12.6. The van der Waals surface area contributed by atoms with Crippen molar-refractivity contribution in [2.24, 2.45) is 0 Å². The number of thioether (sulfide) groups is 1. The van der Waals surface area contributed by atoms with E-state index < -0.39 is 10.9 Å². The fourth-order valence-electron chi connectivity index (χ4n) is 3.54. The van der Waals surface area contributed by atoms with Crippen molar-refractivity contribution in [1.82, 2.24) is 9.27 Å². The second-order valence-corrected chi connectivity index (χ2v) is 8.58. The van der Waals surface area contributed by atoms with Crippen LogP contribution in [0.1, 0.15) is 29.0 Å². The van der Waals surface area contributed by atoms with Gasteiger partial charge < -0.3 is 9.64 Å². The van der Waals surface area contributed by atoms with E-state index in [0.29, 0.717) is 12.2 Å². The van der Waals surface area contributed by atoms with Crippen molar-refractivity contribution in [2.45, 2.75) is 37.3 Å². The molecule has 2 aliphatic heterocycles. The van der Waals surface area contributed by atoms with Crippen molar-refractivity contribution in [3.63, 3.8) is 0 Å². The average Bonchev–Trinajstić information content (AvgIpc) is 3.30. The molecular formula is C18H18N2O3S2. The number of hydrogen-bond acceptors (Lipinski definition) is 6. The van der Waals surface area contributed by atoms with Crippen LogP contribution in [-0.2, 0) is 25.8 Å². The van der Waals surface area contributed by atoms with Crippen molar-refractivity contribution in [1.29, 1.82) is 0 Å². The minimum atomic E-state index is -0.528. The van der Waals surface area contributed by atoms with Gasteiger partial charge in [0.15, 0.2) is 0 Å². The first kappa shape index (κ1) is 16.6. The van der Waals surface area contributed by atoms with Crippen molar-refractivity contribution < 1.29 is 14.3 Å². The van der Waals surface area contributed by atoms with E-state index in [1.54, 1.807) is 16.7 Å². The molecule has 0 bridgehead atoms. The summed E-state index contributed by atoms with van der Waals surface area (Å²) in [6.07, 6.45) is 1.20. The fraction of sp³-hybridized carbons (Fsp3) is 0.389. The molecule has 130 valence electrons. The summed E-state index contributed by atoms with van der Waals surface area (Å²) in [5.41, 5.74) is 1.83. The van der Waals surface area contributed by atoms with E-state index >= 15 is 0 Å². The average molecular weight is 374 g/mol. The zero-order valence-corrected chi connectivity index (χ0v) is 15.4. The number of hydrogen-bond donors (Lipinski definition) is 0. The molecule has 0 N–H and O–H groups in total. The van der Waals surface area contributed by atoms with Crippen LogP contribution < -0.4 is 0 Å². The molecule has 1 amide bonds. The summed E-state index contributed by atoms with van der Waals surface area (Å²) in [5, 5.41) is 0. The standard InChI is InChI=1S/C18H18N2O3S2/c1-12-9-14(19-25-12)10-23-17(22)15-11-24-18(8-7-16(21)20(15)18)13-5-3-2-4-6-13/h2-6,9,15H,7-8,10-11H2,1H3. The molecule has 3 heterocycles. The Labute approximate surface area is 154 Å². The Hall–Kier alpha value is -1.86. The first-order chi connectivity index (χ1) is 12.1. The van der Waals surface area contributed by atoms with Gasteiger partial charge in [-0.1, -0.05) is 30.3 Å². The summed E-state index contributed by atoms with van der Waals surface area (Å²) < 4.78 is 9.70. The predicted molar refractivity (Wildman–Crippen MR) is 97.1 cm³/mol. The van der Waals surface area contributed by atoms with Crippen LogP contribution in [0.2, 0.25) is 0 Å². The smallest absolute Gasteiger partial charge is 0.330 e. The van der Waals surface area contributed by atoms with Gasteiger partial charge in [-0.2, -0.15) is 4.37 Å². The first-order valence-electron chi connectivity index (χ1n) is 8.21. The lowest BCUT2D eigenvalue weighted by molar-refractivity contribution is -0.155. The van der Waals surface area contributed by atoms with Gasteiger partial charge in [0.1, 0.15) is 17.5 Å². The third kappa shape index (κ3) is 2.85. The van der Waals surface area contributed by atoms with Crippen molar-refractivity contribution in [2.75, 3.05) is 5.75 Å². The number of benzene rings is 1. The van der Waals surface area contributed by atoms with Gasteiger partial charge in [-0.25, -0.2) is 4.79 Å². The zero-order valence-electron chi connectivity index (χ0n) is 13.8. The molecule has 2 unspecified atom stereocenters. The second-order valence-electron chi connectivity index (χ2n) is 6.28. The Morgan fingerprint density at radius 1 is 1.40 bits per heavy atom. The summed E-state index contributed by atoms with van der Waals surface area (Å²) in [5.74, 6) is 0.252. The molecule has 1 aromatic carbocycles. The van der Waals surface area contributed by atoms with E-state index in [1.165, 1.54) is 11.5 Å². The number of esters is 1. The number of fused-ring (bicyclic) bond motifs is 1. The highest BCUT2D eigenvalue weighted by Gasteiger charge is 2.57. The fourth-order valence-corrected chi connectivity index (χ4v) is 5.73. The Balaban J connectivity index is 1.53. The van der Waals surface area contributed by atoms with Gasteiger partial charge in [0.05, 0.1) is 5.69 Å². The number of ether oxygens (including phenoxy) is 1. The molecule has 5 nitrogen and oxygen atoms in total. The molecule has 2 atom stereocenters. The van der Waals surface area contributed by atoms with Crippen LogP contribution in [0.5, 0.6) is 0 Å². The predicted octanol–water partition coefficient (Wildman–Crippen LogP) is 3.09. The lowest BCUT2D eigenvalue weighted by Crippen LogP contribution is -2.46. The molecule has 7 heteroatoms. The molecular weight excluding hydrogens is 356 g/mol. The van der Waals surface area contributed by atoms with Crippen LogP contribution in [0.3, 0.4) is 0 Å². The Morgan fingerprint density at radius 3 is 2.92 bits per heavy atom. The topological polar surface area (TPSA) is 59.5 Å². The molecule has 2 saturated heterocycles. The lowest BCUT2D eigenvalue weighted by atomic mass is 10.0. The lowest BCUT2D eigenvalue weighted by Gasteiger charge is -2.33. The van der Waals surface area contributed by atoms with E-state index in [-0.39, 0.29) is 18.5 Å². The highest BCUT2D eigenvalue weighted by atomic mass is 32.2. The number of aromatic nitrogens is 1. The van der Waals surface area contributed by atoms with Crippen LogP contribution in [0, 0.1) is 6.92 Å². The van der Waals surface area contributed by atoms with Crippen LogP contribution in [0.25, 0.3) is 0 Å². The number of carbonyl (C=O) groups is 2. The Kier molecular flexibility index (Phi) is 4.29. The normalized spacial score (nSPS) is 25.2. The van der Waals surface area contributed by atoms with Gasteiger partial charge >= 0.3 is 5.97 Å². The summed E-state index contributed by atoms with van der Waals surface area (Å²) in [6.45, 7) is 2.12. The molecule has 1 aromatic heterocycles. The monoisotopic (exact) mass is 374 g/mol. The van der Waals surface area contributed by atoms with Gasteiger partial charge in [0.2, 0.25) is 5.91 Å². The first-order valence-corrected chi connectivity index (χ1v) is 9.96. The number of aryl methyl sites for hydroxylation is 1. The van der Waals surface area contributed by atoms with Crippen LogP contribution in [-0.4, -0.2) is 32.9 Å². The van der Waals surface area contributed by atoms with Gasteiger partial charge in [0.25, 0.3) is 0 Å². The van der Waals surface area contributed by atoms with E-state index in [2.05, 4.69) is 4.37 Å². The number of nitrogens with zero attached hydrogens (tertiary/aromatic N) is 2. The van der Waals surface area contributed by atoms with Crippen molar-refractivity contribution >= 4 is 35.2 Å². The third-order valence-corrected chi connectivity index (χ3v) is 6.99. The van der Waals surface area contributed by atoms with Crippen molar-refractivity contribution in [3.8, 4) is 0 Å². The summed E-state index contributed by atoms with van der Waals surface area (Å²) >= 11 is 3.06. The Bertz CT molecular complexity index is 808. The molecule has 0 aliphatic carbocycles. The molecule has 0 radical (unpaired) electrons. The number of amides is 1. The van der Waals surface area contributed by atoms with E-state index in [0.717, 1.165) is 22.6 Å². The number of carbonyl (C=O) groups excluding carboxylic acids is 2. The van der Waals surface area contributed by atoms with Gasteiger partial charge in [-0.05, 0) is 36.5 Å². The number of rotatable bonds is 4. The van der Waals surface area contributed by atoms with E-state index in [4.69, 9.17) is 4.74 Å². The third-order valence-electron chi connectivity index (χ3n) is 4.66. The molecule has 0 saturated carbocycles. The molecule has 2 fully saturated rings. The molecule has 4 rings (SSSR count). The Morgan fingerprint density at radius 2 is 2.20 bits per heavy atom. The van der Waals surface area contributed by atoms with Gasteiger partial charge in [0, 0.05) is 17.1 Å². The maximum Gasteiger partial charge on any atom is 0.330 e. The molecule has 25 heavy (non-hydrogen) atoms. The minimum absolute atomic E-state index is 0.0281. The highest BCUT2D eigenvalue weighted by Crippen LogP contribution is 2.54. The van der Waals surface area contributed by atoms with E-state index in [1.807, 2.05) is 43.3 Å². The summed E-state index contributed by atoms with van der Waals surface area (Å²) in [6, 6.07) is 11.4. The molecule has 2 aliphatic rings. The largest absolute Gasteiger partial charge is 0.458 e. The molecule has 2 aromatic rings. The van der Waals surface area contributed by atoms with Crippen LogP contribution in [0.15, 0.2) is 36.4 Å². The minimum Gasteiger partial charge on any atom is -0.458 e. The van der Waals surface area contributed by atoms with E-state index in [9.17, 15) is 9.59 Å². The zero-order chi connectivity index (χ0) is 17.4. The molecule has 0 spiro atoms. The van der Waals surface area contributed by atoms with Crippen molar-refractivity contribution in [3.05, 3.63) is 52.5 Å². The van der Waals surface area contributed by atoms with Crippen LogP contribution >= 0.6 is 23.3 Å².